The predicted octanol–water partition coefficient (Wildman–Crippen LogP) is 3.20. The fourth-order valence-corrected chi connectivity index (χ4v) is 1.53. The zero-order valence-corrected chi connectivity index (χ0v) is 11.7. The minimum absolute atomic E-state index is 0.518. The maximum Gasteiger partial charge on any atom is 0.305 e. The van der Waals surface area contributed by atoms with Gasteiger partial charge in [0.05, 0.1) is 0 Å². The highest BCUT2D eigenvalue weighted by atomic mass is 35.5. The molecule has 0 N–H and O–H groups in total. The molecule has 0 radical (unpaired) electrons. The van der Waals surface area contributed by atoms with Crippen molar-refractivity contribution < 1.29 is 19.1 Å². The molecule has 0 amide bonds. The Morgan fingerprint density at radius 1 is 1.05 bits per heavy atom. The molecule has 0 bridgehead atoms. The molecular weight excluding hydrogens is 268 g/mol. The van der Waals surface area contributed by atoms with Crippen molar-refractivity contribution in [2.75, 3.05) is 0 Å². The van der Waals surface area contributed by atoms with Gasteiger partial charge >= 0.3 is 11.9 Å². The summed E-state index contributed by atoms with van der Waals surface area (Å²) in [7, 11) is 0. The molecule has 0 saturated carbocycles. The van der Waals surface area contributed by atoms with Crippen molar-refractivity contribution in [2.45, 2.75) is 27.1 Å². The highest BCUT2D eigenvalue weighted by Gasteiger charge is 2.17. The maximum atomic E-state index is 11.0. The smallest absolute Gasteiger partial charge is 0.305 e. The number of ether oxygens (including phenoxy) is 2. The fraction of sp³-hybridized carbons (Fsp3) is 0.286. The van der Waals surface area contributed by atoms with E-state index in [1.165, 1.54) is 13.8 Å². The highest BCUT2D eigenvalue weighted by Crippen LogP contribution is 2.16. The summed E-state index contributed by atoms with van der Waals surface area (Å²) >= 11 is 5.79. The lowest BCUT2D eigenvalue weighted by molar-refractivity contribution is -0.177. The molecule has 1 rings (SSSR count). The number of benzene rings is 1. The second-order valence-electron chi connectivity index (χ2n) is 3.99. The molecular formula is C14H15ClO4. The van der Waals surface area contributed by atoms with E-state index in [-0.39, 0.29) is 0 Å². The van der Waals surface area contributed by atoms with Gasteiger partial charge in [0.2, 0.25) is 0 Å². The number of hydrogen-bond acceptors (Lipinski definition) is 4. The van der Waals surface area contributed by atoms with Gasteiger partial charge in [-0.15, -0.1) is 0 Å². The van der Waals surface area contributed by atoms with Crippen molar-refractivity contribution in [3.05, 3.63) is 40.4 Å². The minimum Gasteiger partial charge on any atom is -0.421 e. The molecule has 0 unspecified atom stereocenters. The summed E-state index contributed by atoms with van der Waals surface area (Å²) in [5, 5.41) is 0.631. The van der Waals surface area contributed by atoms with Gasteiger partial charge < -0.3 is 9.47 Å². The Morgan fingerprint density at radius 2 is 1.53 bits per heavy atom. The van der Waals surface area contributed by atoms with Crippen LogP contribution in [0.2, 0.25) is 5.02 Å². The van der Waals surface area contributed by atoms with E-state index in [0.29, 0.717) is 10.6 Å². The molecule has 0 saturated heterocycles. The summed E-state index contributed by atoms with van der Waals surface area (Å²) in [5.41, 5.74) is 1.47. The fourth-order valence-electron chi connectivity index (χ4n) is 1.40. The average Bonchev–Trinajstić information content (AvgIpc) is 2.30. The SMILES string of the molecule is CC(=O)OC(OC(C)=O)/C(C)=C/c1ccc(Cl)cc1. The lowest BCUT2D eigenvalue weighted by atomic mass is 10.1. The molecule has 0 aliphatic carbocycles. The monoisotopic (exact) mass is 282 g/mol. The first kappa shape index (κ1) is 15.2. The summed E-state index contributed by atoms with van der Waals surface area (Å²) in [6.45, 7) is 4.23. The van der Waals surface area contributed by atoms with Crippen LogP contribution >= 0.6 is 11.6 Å². The topological polar surface area (TPSA) is 52.6 Å². The van der Waals surface area contributed by atoms with Gasteiger partial charge in [0.1, 0.15) is 0 Å². The second kappa shape index (κ2) is 6.95. The molecule has 0 fully saturated rings. The number of esters is 2. The Bertz CT molecular complexity index is 475. The van der Waals surface area contributed by atoms with E-state index in [0.717, 1.165) is 5.56 Å². The van der Waals surface area contributed by atoms with Crippen LogP contribution in [0.1, 0.15) is 26.3 Å². The number of hydrogen-bond donors (Lipinski definition) is 0. The van der Waals surface area contributed by atoms with E-state index in [1.54, 1.807) is 25.1 Å². The minimum atomic E-state index is -1.01. The Labute approximate surface area is 117 Å². The molecule has 0 aromatic heterocycles. The van der Waals surface area contributed by atoms with E-state index >= 15 is 0 Å². The molecule has 0 aliphatic rings. The molecule has 4 nitrogen and oxygen atoms in total. The number of carbonyl (C=O) groups excluding carboxylic acids is 2. The quantitative estimate of drug-likeness (QED) is 0.629. The molecule has 0 spiro atoms. The van der Waals surface area contributed by atoms with E-state index in [9.17, 15) is 9.59 Å². The molecule has 1 aromatic carbocycles. The van der Waals surface area contributed by atoms with Crippen molar-refractivity contribution >= 4 is 29.6 Å². The largest absolute Gasteiger partial charge is 0.421 e. The van der Waals surface area contributed by atoms with Crippen molar-refractivity contribution in [2.24, 2.45) is 0 Å². The van der Waals surface area contributed by atoms with Crippen LogP contribution in [-0.4, -0.2) is 18.2 Å². The normalized spacial score (nSPS) is 11.3. The molecule has 1 aromatic rings. The third kappa shape index (κ3) is 5.57. The first-order valence-corrected chi connectivity index (χ1v) is 6.04. The van der Waals surface area contributed by atoms with Crippen LogP contribution in [0.5, 0.6) is 0 Å². The Balaban J connectivity index is 2.90. The van der Waals surface area contributed by atoms with Crippen LogP contribution < -0.4 is 0 Å². The van der Waals surface area contributed by atoms with Gasteiger partial charge in [0.25, 0.3) is 6.29 Å². The molecule has 19 heavy (non-hydrogen) atoms. The van der Waals surface area contributed by atoms with E-state index in [1.807, 2.05) is 12.1 Å². The summed E-state index contributed by atoms with van der Waals surface area (Å²) in [6, 6.07) is 7.11. The molecule has 5 heteroatoms. The van der Waals surface area contributed by atoms with Crippen molar-refractivity contribution in [3.63, 3.8) is 0 Å². The third-order valence-corrected chi connectivity index (χ3v) is 2.43. The number of halogens is 1. The van der Waals surface area contributed by atoms with Crippen molar-refractivity contribution in [3.8, 4) is 0 Å². The van der Waals surface area contributed by atoms with Crippen LogP contribution in [0, 0.1) is 0 Å². The van der Waals surface area contributed by atoms with E-state index < -0.39 is 18.2 Å². The predicted molar refractivity (Wildman–Crippen MR) is 72.4 cm³/mol. The van der Waals surface area contributed by atoms with Crippen LogP contribution in [0.25, 0.3) is 6.08 Å². The summed E-state index contributed by atoms with van der Waals surface area (Å²) in [4.78, 5) is 22.0. The van der Waals surface area contributed by atoms with Gasteiger partial charge in [-0.3, -0.25) is 9.59 Å². The number of rotatable bonds is 4. The molecule has 0 aliphatic heterocycles. The first-order chi connectivity index (χ1) is 8.88. The molecule has 0 atom stereocenters. The standard InChI is InChI=1S/C14H15ClO4/c1-9(8-12-4-6-13(15)7-5-12)14(18-10(2)16)19-11(3)17/h4-8,14H,1-3H3/b9-8+. The summed E-state index contributed by atoms with van der Waals surface area (Å²) in [5.74, 6) is -1.04. The van der Waals surface area contributed by atoms with Gasteiger partial charge in [0.15, 0.2) is 0 Å². The Hall–Kier alpha value is -1.81. The van der Waals surface area contributed by atoms with Crippen LogP contribution in [-0.2, 0) is 19.1 Å². The van der Waals surface area contributed by atoms with Crippen molar-refractivity contribution in [1.82, 2.24) is 0 Å². The average molecular weight is 283 g/mol. The summed E-state index contributed by atoms with van der Waals surface area (Å²) < 4.78 is 9.89. The number of carbonyl (C=O) groups is 2. The maximum absolute atomic E-state index is 11.0. The zero-order valence-electron chi connectivity index (χ0n) is 11.0. The van der Waals surface area contributed by atoms with Crippen LogP contribution in [0.15, 0.2) is 29.8 Å². The highest BCUT2D eigenvalue weighted by molar-refractivity contribution is 6.30. The first-order valence-electron chi connectivity index (χ1n) is 5.66. The van der Waals surface area contributed by atoms with Crippen LogP contribution in [0.4, 0.5) is 0 Å². The van der Waals surface area contributed by atoms with Gasteiger partial charge in [-0.1, -0.05) is 23.7 Å². The zero-order chi connectivity index (χ0) is 14.4. The van der Waals surface area contributed by atoms with E-state index in [4.69, 9.17) is 21.1 Å². The van der Waals surface area contributed by atoms with Crippen LogP contribution in [0.3, 0.4) is 0 Å². The molecule has 0 heterocycles. The van der Waals surface area contributed by atoms with Gasteiger partial charge in [0, 0.05) is 24.4 Å². The van der Waals surface area contributed by atoms with Gasteiger partial charge in [-0.2, -0.15) is 0 Å². The third-order valence-electron chi connectivity index (χ3n) is 2.18. The summed E-state index contributed by atoms with van der Waals surface area (Å²) in [6.07, 6.45) is 0.748. The van der Waals surface area contributed by atoms with E-state index in [2.05, 4.69) is 0 Å². The van der Waals surface area contributed by atoms with Crippen molar-refractivity contribution in [1.29, 1.82) is 0 Å². The second-order valence-corrected chi connectivity index (χ2v) is 4.43. The van der Waals surface area contributed by atoms with Gasteiger partial charge in [-0.05, 0) is 30.7 Å². The Morgan fingerprint density at radius 3 is 1.95 bits per heavy atom. The van der Waals surface area contributed by atoms with Gasteiger partial charge in [-0.25, -0.2) is 0 Å². The molecule has 102 valence electrons. The lowest BCUT2D eigenvalue weighted by Crippen LogP contribution is -2.23. The lowest BCUT2D eigenvalue weighted by Gasteiger charge is -2.17. The Kier molecular flexibility index (Phi) is 5.57.